The average Bonchev–Trinajstić information content (AvgIpc) is 3.42. The van der Waals surface area contributed by atoms with E-state index in [4.69, 9.17) is 4.42 Å². The number of nitrogens with zero attached hydrogens (tertiary/aromatic N) is 3. The van der Waals surface area contributed by atoms with E-state index >= 15 is 0 Å². The van der Waals surface area contributed by atoms with E-state index in [1.54, 1.807) is 18.5 Å². The highest BCUT2D eigenvalue weighted by Gasteiger charge is 2.16. The molecular formula is C28H26N4O2. The minimum atomic E-state index is -0.216. The molecule has 0 unspecified atom stereocenters. The molecule has 5 rings (SSSR count). The smallest absolute Gasteiger partial charge is 0.256 e. The Labute approximate surface area is 198 Å². The van der Waals surface area contributed by atoms with Gasteiger partial charge in [-0.05, 0) is 68.1 Å². The maximum absolute atomic E-state index is 13.1. The normalized spacial score (nSPS) is 11.1. The van der Waals surface area contributed by atoms with Crippen LogP contribution in [0.4, 0.5) is 5.82 Å². The molecule has 0 fully saturated rings. The fourth-order valence-electron chi connectivity index (χ4n) is 4.01. The SMILES string of the molecule is Cc1ccc(Cc2cc(C(=O)Nc3ccc(C)cn3)cc3oc(Cn4ccnc4C)cc23)cc1. The number of benzene rings is 2. The molecule has 5 aromatic rings. The third-order valence-corrected chi connectivity index (χ3v) is 5.95. The van der Waals surface area contributed by atoms with Gasteiger partial charge in [-0.2, -0.15) is 0 Å². The van der Waals surface area contributed by atoms with E-state index in [1.807, 2.05) is 42.8 Å². The van der Waals surface area contributed by atoms with Gasteiger partial charge >= 0.3 is 0 Å². The first kappa shape index (κ1) is 21.6. The van der Waals surface area contributed by atoms with Gasteiger partial charge in [-0.1, -0.05) is 35.9 Å². The van der Waals surface area contributed by atoms with Crippen molar-refractivity contribution in [2.24, 2.45) is 0 Å². The fraction of sp³-hybridized carbons (Fsp3) is 0.179. The lowest BCUT2D eigenvalue weighted by atomic mass is 9.98. The van der Waals surface area contributed by atoms with Crippen molar-refractivity contribution in [2.45, 2.75) is 33.7 Å². The topological polar surface area (TPSA) is 73.0 Å². The summed E-state index contributed by atoms with van der Waals surface area (Å²) >= 11 is 0. The van der Waals surface area contributed by atoms with E-state index < -0.39 is 0 Å². The van der Waals surface area contributed by atoms with Crippen LogP contribution in [0.2, 0.25) is 0 Å². The van der Waals surface area contributed by atoms with Crippen molar-refractivity contribution < 1.29 is 9.21 Å². The summed E-state index contributed by atoms with van der Waals surface area (Å²) in [6.07, 6.45) is 6.15. The van der Waals surface area contributed by atoms with E-state index in [1.165, 1.54) is 11.1 Å². The molecule has 3 heterocycles. The van der Waals surface area contributed by atoms with Gasteiger partial charge in [-0.25, -0.2) is 9.97 Å². The van der Waals surface area contributed by atoms with Crippen molar-refractivity contribution in [3.8, 4) is 0 Å². The molecule has 0 aliphatic rings. The van der Waals surface area contributed by atoms with Crippen molar-refractivity contribution in [3.05, 3.63) is 113 Å². The van der Waals surface area contributed by atoms with Gasteiger partial charge in [0.25, 0.3) is 5.91 Å². The summed E-state index contributed by atoms with van der Waals surface area (Å²) in [6, 6.07) is 18.0. The summed E-state index contributed by atoms with van der Waals surface area (Å²) in [5.74, 6) is 2.04. The number of carbonyl (C=O) groups is 1. The number of nitrogens with one attached hydrogen (secondary N) is 1. The number of hydrogen-bond acceptors (Lipinski definition) is 4. The highest BCUT2D eigenvalue weighted by atomic mass is 16.3. The number of imidazole rings is 1. The number of aromatic nitrogens is 3. The molecule has 3 aromatic heterocycles. The van der Waals surface area contributed by atoms with Crippen LogP contribution in [-0.4, -0.2) is 20.4 Å². The van der Waals surface area contributed by atoms with Gasteiger partial charge in [0.1, 0.15) is 23.0 Å². The van der Waals surface area contributed by atoms with Gasteiger partial charge in [-0.15, -0.1) is 0 Å². The largest absolute Gasteiger partial charge is 0.459 e. The minimum absolute atomic E-state index is 0.216. The average molecular weight is 451 g/mol. The van der Waals surface area contributed by atoms with Gasteiger partial charge in [0, 0.05) is 29.5 Å². The van der Waals surface area contributed by atoms with Gasteiger partial charge in [-0.3, -0.25) is 4.79 Å². The number of furan rings is 1. The summed E-state index contributed by atoms with van der Waals surface area (Å²) in [5.41, 5.74) is 5.71. The van der Waals surface area contributed by atoms with E-state index in [-0.39, 0.29) is 5.91 Å². The van der Waals surface area contributed by atoms with Crippen LogP contribution in [0, 0.1) is 20.8 Å². The zero-order chi connectivity index (χ0) is 23.7. The minimum Gasteiger partial charge on any atom is -0.459 e. The zero-order valence-electron chi connectivity index (χ0n) is 19.5. The molecule has 0 saturated heterocycles. The van der Waals surface area contributed by atoms with Crippen LogP contribution in [0.1, 0.15) is 44.2 Å². The van der Waals surface area contributed by atoms with Crippen molar-refractivity contribution in [1.82, 2.24) is 14.5 Å². The quantitative estimate of drug-likeness (QED) is 0.353. The third kappa shape index (κ3) is 4.62. The molecule has 6 heteroatoms. The number of pyridine rings is 1. The van der Waals surface area contributed by atoms with Crippen molar-refractivity contribution in [3.63, 3.8) is 0 Å². The molecule has 2 aromatic carbocycles. The van der Waals surface area contributed by atoms with E-state index in [2.05, 4.69) is 52.5 Å². The monoisotopic (exact) mass is 450 g/mol. The summed E-state index contributed by atoms with van der Waals surface area (Å²) < 4.78 is 8.24. The predicted molar refractivity (Wildman–Crippen MR) is 133 cm³/mol. The van der Waals surface area contributed by atoms with Crippen LogP contribution in [0.5, 0.6) is 0 Å². The van der Waals surface area contributed by atoms with Crippen molar-refractivity contribution in [2.75, 3.05) is 5.32 Å². The highest BCUT2D eigenvalue weighted by Crippen LogP contribution is 2.28. The van der Waals surface area contributed by atoms with Crippen LogP contribution >= 0.6 is 0 Å². The first-order chi connectivity index (χ1) is 16.4. The molecule has 0 saturated carbocycles. The number of carbonyl (C=O) groups excluding carboxylic acids is 1. The van der Waals surface area contributed by atoms with E-state index in [0.29, 0.717) is 29.9 Å². The van der Waals surface area contributed by atoms with E-state index in [0.717, 1.165) is 28.1 Å². The second kappa shape index (κ2) is 8.98. The lowest BCUT2D eigenvalue weighted by molar-refractivity contribution is 0.102. The summed E-state index contributed by atoms with van der Waals surface area (Å²) in [5, 5.41) is 3.91. The number of fused-ring (bicyclic) bond motifs is 1. The zero-order valence-corrected chi connectivity index (χ0v) is 19.5. The first-order valence-electron chi connectivity index (χ1n) is 11.3. The maximum atomic E-state index is 13.1. The van der Waals surface area contributed by atoms with Gasteiger partial charge < -0.3 is 14.3 Å². The Morgan fingerprint density at radius 3 is 2.47 bits per heavy atom. The molecule has 0 atom stereocenters. The summed E-state index contributed by atoms with van der Waals surface area (Å²) in [6.45, 7) is 6.59. The number of rotatable bonds is 6. The Balaban J connectivity index is 1.52. The molecular weight excluding hydrogens is 424 g/mol. The predicted octanol–water partition coefficient (Wildman–Crippen LogP) is 5.84. The van der Waals surface area contributed by atoms with Crippen molar-refractivity contribution >= 4 is 22.7 Å². The Kier molecular flexibility index (Phi) is 5.72. The molecule has 1 amide bonds. The van der Waals surface area contributed by atoms with Crippen LogP contribution in [0.25, 0.3) is 11.0 Å². The Hall–Kier alpha value is -4.19. The molecule has 0 aliphatic heterocycles. The first-order valence-corrected chi connectivity index (χ1v) is 11.3. The standard InChI is InChI=1S/C28H26N4O2/c1-18-4-7-21(8-5-18)12-22-13-23(28(33)31-27-9-6-19(2)16-30-27)14-26-25(22)15-24(34-26)17-32-11-10-29-20(32)3/h4-11,13-16H,12,17H2,1-3H3,(H,30,31,33). The van der Waals surface area contributed by atoms with Gasteiger partial charge in [0.2, 0.25) is 0 Å². The second-order valence-corrected chi connectivity index (χ2v) is 8.70. The number of amides is 1. The van der Waals surface area contributed by atoms with Gasteiger partial charge in [0.15, 0.2) is 0 Å². The number of hydrogen-bond donors (Lipinski definition) is 1. The molecule has 0 aliphatic carbocycles. The maximum Gasteiger partial charge on any atom is 0.256 e. The molecule has 0 spiro atoms. The van der Waals surface area contributed by atoms with Crippen LogP contribution in [0.3, 0.4) is 0 Å². The third-order valence-electron chi connectivity index (χ3n) is 5.95. The highest BCUT2D eigenvalue weighted by molar-refractivity contribution is 6.06. The molecule has 0 radical (unpaired) electrons. The van der Waals surface area contributed by atoms with Gasteiger partial charge in [0.05, 0.1) is 6.54 Å². The Morgan fingerprint density at radius 2 is 1.76 bits per heavy atom. The lowest BCUT2D eigenvalue weighted by Gasteiger charge is -2.09. The number of aryl methyl sites for hydroxylation is 3. The fourth-order valence-corrected chi connectivity index (χ4v) is 4.01. The lowest BCUT2D eigenvalue weighted by Crippen LogP contribution is -2.13. The molecule has 170 valence electrons. The Morgan fingerprint density at radius 1 is 0.971 bits per heavy atom. The second-order valence-electron chi connectivity index (χ2n) is 8.70. The van der Waals surface area contributed by atoms with Crippen LogP contribution in [0.15, 0.2) is 77.6 Å². The molecule has 0 bridgehead atoms. The molecule has 6 nitrogen and oxygen atoms in total. The van der Waals surface area contributed by atoms with Crippen LogP contribution < -0.4 is 5.32 Å². The number of anilines is 1. The summed E-state index contributed by atoms with van der Waals surface area (Å²) in [4.78, 5) is 21.7. The molecule has 1 N–H and O–H groups in total. The Bertz CT molecular complexity index is 1460. The molecule has 34 heavy (non-hydrogen) atoms. The van der Waals surface area contributed by atoms with Crippen LogP contribution in [-0.2, 0) is 13.0 Å². The summed E-state index contributed by atoms with van der Waals surface area (Å²) in [7, 11) is 0. The van der Waals surface area contributed by atoms with E-state index in [9.17, 15) is 4.79 Å². The van der Waals surface area contributed by atoms with Crippen molar-refractivity contribution in [1.29, 1.82) is 0 Å².